The summed E-state index contributed by atoms with van der Waals surface area (Å²) in [5.74, 6) is -1.79. The number of carbonyl (C=O) groups is 4. The number of sulfone groups is 4. The molecule has 1 atom stereocenters. The van der Waals surface area contributed by atoms with Crippen molar-refractivity contribution < 1.29 is 73.7 Å². The average Bonchev–Trinajstić information content (AvgIpc) is 0.766. The molecule has 0 aromatic heterocycles. The number of benzene rings is 4. The molecule has 4 aromatic carbocycles. The molecule has 4 saturated heterocycles. The maximum absolute atomic E-state index is 13.3. The minimum Gasteiger partial charge on any atom is -0.372 e. The van der Waals surface area contributed by atoms with E-state index in [4.69, 9.17) is 20.8 Å². The lowest BCUT2D eigenvalue weighted by Gasteiger charge is -2.36. The zero-order chi connectivity index (χ0) is 79.1. The molecule has 8 fully saturated rings. The third-order valence-electron chi connectivity index (χ3n) is 24.3. The quantitative estimate of drug-likeness (QED) is 0.0319. The first kappa shape index (κ1) is 88.1. The summed E-state index contributed by atoms with van der Waals surface area (Å²) >= 11 is 0. The molecule has 4 aliphatic heterocycles. The Morgan fingerprint density at radius 1 is 0.321 bits per heavy atom. The van der Waals surface area contributed by atoms with Crippen molar-refractivity contribution in [3.05, 3.63) is 97.1 Å². The summed E-state index contributed by atoms with van der Waals surface area (Å²) in [6.07, 6.45) is 22.7. The molecule has 4 amide bonds. The Morgan fingerprint density at radius 2 is 0.569 bits per heavy atom. The topological polar surface area (TPSA) is 350 Å². The molecule has 8 N–H and O–H groups in total. The molecule has 1 unspecified atom stereocenters. The number of nitrogens with zero attached hydrogens (tertiary/aromatic N) is 5. The van der Waals surface area contributed by atoms with Crippen molar-refractivity contribution in [1.29, 1.82) is 0 Å². The van der Waals surface area contributed by atoms with Gasteiger partial charge in [0.25, 0.3) is 23.6 Å². The van der Waals surface area contributed by atoms with Crippen LogP contribution in [-0.2, 0) is 58.5 Å². The van der Waals surface area contributed by atoms with Gasteiger partial charge >= 0.3 is 0 Å². The molecule has 4 aliphatic carbocycles. The van der Waals surface area contributed by atoms with Crippen LogP contribution in [0.25, 0.3) is 0 Å². The molecule has 25 nitrogen and oxygen atoms in total. The third kappa shape index (κ3) is 19.8. The monoisotopic (exact) mass is 1590 g/mol. The molecule has 12 rings (SSSR count). The lowest BCUT2D eigenvalue weighted by molar-refractivity contribution is -0.133. The van der Waals surface area contributed by atoms with Crippen LogP contribution in [0.5, 0.6) is 0 Å². The Labute approximate surface area is 648 Å². The van der Waals surface area contributed by atoms with Gasteiger partial charge < -0.3 is 24.5 Å². The lowest BCUT2D eigenvalue weighted by Crippen LogP contribution is -2.52. The van der Waals surface area contributed by atoms with Gasteiger partial charge in [0.15, 0.2) is 58.3 Å². The predicted molar refractivity (Wildman–Crippen MR) is 424 cm³/mol. The van der Waals surface area contributed by atoms with Gasteiger partial charge in [-0.25, -0.2) is 55.6 Å². The minimum atomic E-state index is -3.89. The molecule has 29 heteroatoms. The van der Waals surface area contributed by atoms with Crippen molar-refractivity contribution in [2.75, 3.05) is 91.6 Å². The van der Waals surface area contributed by atoms with Gasteiger partial charge in [0, 0.05) is 88.2 Å². The Hall–Kier alpha value is -6.44. The van der Waals surface area contributed by atoms with Crippen molar-refractivity contribution >= 4 is 85.7 Å². The van der Waals surface area contributed by atoms with Crippen LogP contribution in [0.15, 0.2) is 117 Å². The lowest BCUT2D eigenvalue weighted by atomic mass is 9.88. The summed E-state index contributed by atoms with van der Waals surface area (Å²) in [7, 11) is -15.5. The largest absolute Gasteiger partial charge is 0.372 e. The number of carbonyl (C=O) groups excluding carboxylic acids is 4. The number of rotatable bonds is 19. The third-order valence-corrected chi connectivity index (χ3v) is 34.3. The van der Waals surface area contributed by atoms with Crippen molar-refractivity contribution in [3.8, 4) is 0 Å². The summed E-state index contributed by atoms with van der Waals surface area (Å²) in [5.41, 5.74) is 10.4. The summed E-state index contributed by atoms with van der Waals surface area (Å²) in [5, 5.41) is 36.6. The van der Waals surface area contributed by atoms with Gasteiger partial charge in [0.1, 0.15) is 0 Å². The Balaban J connectivity index is 0.000000181. The van der Waals surface area contributed by atoms with E-state index in [9.17, 15) is 52.8 Å². The van der Waals surface area contributed by atoms with Crippen molar-refractivity contribution in [1.82, 2.24) is 26.8 Å². The van der Waals surface area contributed by atoms with Gasteiger partial charge in [-0.1, -0.05) is 131 Å². The van der Waals surface area contributed by atoms with Gasteiger partial charge in [0.05, 0.1) is 19.6 Å². The fourth-order valence-corrected chi connectivity index (χ4v) is 25.6. The van der Waals surface area contributed by atoms with E-state index in [1.807, 2.05) is 48.5 Å². The number of piperidine rings is 3. The molecule has 8 aliphatic rings. The standard InChI is InChI=1S/2C20H30N2O4S.C19H29N3O4S.C18H26N2O4S.C3H8/c1-2-16-10-14-22(15-11-16)17-6-8-18(9-7-17)27(25,26)20(19(23)21-24)12-4-3-5-13-20;1-2-16-7-6-14-22(15-16)17-8-10-18(11-9-17)27(25,26)20(19(23)21-24)12-4-3-5-13-20;1-2-21-12-14-22(15-13-21)16-6-8-17(9-7-16)27(25,26)19(18(23)20-24)10-4-3-5-11-19;21-17(19-22)18(11-3-1-4-12-18)25(23,24)16-9-7-15(8-10-16)20-13-5-2-6-14-20;1-3-2/h6-9,16,24H,2-5,10-15H2,1H3,(H,21,23);8-11,16,24H,2-7,12-15H2,1H3,(H,21,23);6-9,24H,2-5,10-15H2,1H3,(H,20,23);7-10,22H,1-6,11-14H2,(H,19,21);3H2,1-2H3. The highest BCUT2D eigenvalue weighted by molar-refractivity contribution is 7.94. The summed E-state index contributed by atoms with van der Waals surface area (Å²) in [6.45, 7) is 21.6. The fraction of sp³-hybridized carbons (Fsp3) is 0.650. The average molecular weight is 1600 g/mol. The number of hydroxylamine groups is 4. The van der Waals surface area contributed by atoms with Crippen LogP contribution in [0.1, 0.15) is 227 Å². The molecular weight excluding hydrogens is 1470 g/mol. The molecule has 4 aromatic rings. The molecule has 4 heterocycles. The number of hydrogen-bond acceptors (Lipinski definition) is 21. The first-order chi connectivity index (χ1) is 52.2. The normalized spacial score (nSPS) is 21.1. The Bertz CT molecular complexity index is 3880. The second-order valence-electron chi connectivity index (χ2n) is 30.9. The summed E-state index contributed by atoms with van der Waals surface area (Å²) in [6, 6.07) is 27.5. The van der Waals surface area contributed by atoms with E-state index in [0.29, 0.717) is 57.3 Å². The van der Waals surface area contributed by atoms with Crippen LogP contribution < -0.4 is 41.5 Å². The van der Waals surface area contributed by atoms with E-state index in [2.05, 4.69) is 59.1 Å². The predicted octanol–water partition coefficient (Wildman–Crippen LogP) is 12.5. The SMILES string of the molecule is CCC.CCC1CCCN(c2ccc(S(=O)(=O)C3(C(=O)NO)CCCCC3)cc2)C1.CCC1CCN(c2ccc(S(=O)(=O)C3(C(=O)NO)CCCCC3)cc2)CC1.CCN1CCN(c2ccc(S(=O)(=O)C3(C(=O)NO)CCCCC3)cc2)CC1.O=C(NO)C1(S(=O)(=O)c2ccc(N3CCCCC3)cc2)CCCCC1. The van der Waals surface area contributed by atoms with Gasteiger partial charge in [0.2, 0.25) is 0 Å². The Kier molecular flexibility index (Phi) is 32.6. The zero-order valence-electron chi connectivity index (χ0n) is 64.9. The molecule has 608 valence electrons. The van der Waals surface area contributed by atoms with Crippen molar-refractivity contribution in [2.24, 2.45) is 11.8 Å². The smallest absolute Gasteiger partial charge is 0.265 e. The minimum absolute atomic E-state index is 0.143. The van der Waals surface area contributed by atoms with Crippen LogP contribution in [0.4, 0.5) is 22.7 Å². The van der Waals surface area contributed by atoms with E-state index in [0.717, 1.165) is 165 Å². The van der Waals surface area contributed by atoms with E-state index in [-0.39, 0.29) is 70.9 Å². The molecule has 0 bridgehead atoms. The maximum Gasteiger partial charge on any atom is 0.265 e. The molecule has 4 saturated carbocycles. The maximum atomic E-state index is 13.3. The second-order valence-corrected chi connectivity index (χ2v) is 39.9. The summed E-state index contributed by atoms with van der Waals surface area (Å²) < 4.78 is 99.9. The fourth-order valence-electron chi connectivity index (χ4n) is 17.3. The van der Waals surface area contributed by atoms with Crippen molar-refractivity contribution in [2.45, 2.75) is 266 Å². The Morgan fingerprint density at radius 3 is 0.835 bits per heavy atom. The highest BCUT2D eigenvalue weighted by Gasteiger charge is 2.55. The van der Waals surface area contributed by atoms with Gasteiger partial charge in [-0.2, -0.15) is 0 Å². The van der Waals surface area contributed by atoms with Gasteiger partial charge in [-0.05, 0) is 212 Å². The first-order valence-electron chi connectivity index (χ1n) is 40.1. The number of piperazine rings is 1. The van der Waals surface area contributed by atoms with Crippen LogP contribution >= 0.6 is 0 Å². The molecule has 0 radical (unpaired) electrons. The van der Waals surface area contributed by atoms with Gasteiger partial charge in [-0.3, -0.25) is 40.0 Å². The number of amides is 4. The molecule has 109 heavy (non-hydrogen) atoms. The van der Waals surface area contributed by atoms with Crippen molar-refractivity contribution in [3.63, 3.8) is 0 Å². The van der Waals surface area contributed by atoms with E-state index >= 15 is 0 Å². The van der Waals surface area contributed by atoms with E-state index < -0.39 is 82.0 Å². The van der Waals surface area contributed by atoms with Crippen LogP contribution in [0.2, 0.25) is 0 Å². The molecular formula is C80H123N9O16S4. The second kappa shape index (κ2) is 40.3. The number of nitrogens with one attached hydrogen (secondary N) is 4. The number of likely N-dealkylation sites (N-methyl/N-ethyl adjacent to an activating group) is 1. The number of anilines is 4. The highest BCUT2D eigenvalue weighted by Crippen LogP contribution is 2.45. The van der Waals surface area contributed by atoms with Gasteiger partial charge in [-0.15, -0.1) is 0 Å². The zero-order valence-corrected chi connectivity index (χ0v) is 68.2. The van der Waals surface area contributed by atoms with Crippen LogP contribution in [0, 0.1) is 11.8 Å². The number of hydrogen-bond donors (Lipinski definition) is 8. The molecule has 0 spiro atoms. The van der Waals surface area contributed by atoms with Crippen LogP contribution in [0.3, 0.4) is 0 Å². The first-order valence-corrected chi connectivity index (χ1v) is 46.1. The highest BCUT2D eigenvalue weighted by atomic mass is 32.2. The van der Waals surface area contributed by atoms with E-state index in [1.165, 1.54) is 25.7 Å². The van der Waals surface area contributed by atoms with Crippen LogP contribution in [-0.4, -0.2) is 174 Å². The summed E-state index contributed by atoms with van der Waals surface area (Å²) in [4.78, 5) is 61.4. The van der Waals surface area contributed by atoms with E-state index in [1.54, 1.807) is 70.5 Å².